The van der Waals surface area contributed by atoms with E-state index < -0.39 is 0 Å². The van der Waals surface area contributed by atoms with Crippen LogP contribution in [-0.2, 0) is 20.0 Å². The van der Waals surface area contributed by atoms with E-state index in [2.05, 4.69) is 35.8 Å². The second-order valence-electron chi connectivity index (χ2n) is 5.62. The fourth-order valence-corrected chi connectivity index (χ4v) is 2.95. The fraction of sp³-hybridized carbons (Fsp3) is 0.769. The van der Waals surface area contributed by atoms with Crippen molar-refractivity contribution in [2.75, 3.05) is 19.6 Å². The number of hydrogen-bond acceptors (Lipinski definition) is 3. The van der Waals surface area contributed by atoms with E-state index >= 15 is 0 Å². The Morgan fingerprint density at radius 1 is 1.35 bits per heavy atom. The molecular formula is C13H22N4. The lowest BCUT2D eigenvalue weighted by molar-refractivity contribution is 0.129. The summed E-state index contributed by atoms with van der Waals surface area (Å²) in [6, 6.07) is 0.753. The molecule has 0 aliphatic carbocycles. The van der Waals surface area contributed by atoms with Crippen molar-refractivity contribution in [3.8, 4) is 0 Å². The molecule has 2 aliphatic heterocycles. The fourth-order valence-electron chi connectivity index (χ4n) is 2.95. The Hall–Kier alpha value is -0.870. The molecule has 0 radical (unpaired) electrons. The van der Waals surface area contributed by atoms with Gasteiger partial charge in [-0.1, -0.05) is 13.8 Å². The summed E-state index contributed by atoms with van der Waals surface area (Å²) in [7, 11) is 2.09. The molecule has 0 aromatic carbocycles. The van der Waals surface area contributed by atoms with Crippen molar-refractivity contribution in [2.45, 2.75) is 38.8 Å². The number of fused-ring (bicyclic) bond motifs is 1. The van der Waals surface area contributed by atoms with E-state index in [1.165, 1.54) is 23.5 Å². The second kappa shape index (κ2) is 4.10. The highest BCUT2D eigenvalue weighted by Gasteiger charge is 2.31. The van der Waals surface area contributed by atoms with Crippen LogP contribution in [0.25, 0.3) is 0 Å². The van der Waals surface area contributed by atoms with Crippen LogP contribution in [0.15, 0.2) is 0 Å². The summed E-state index contributed by atoms with van der Waals surface area (Å²) >= 11 is 0. The maximum absolute atomic E-state index is 4.70. The Bertz CT molecular complexity index is 417. The number of nitrogens with zero attached hydrogens (tertiary/aromatic N) is 3. The van der Waals surface area contributed by atoms with Crippen LogP contribution in [0.5, 0.6) is 0 Å². The van der Waals surface area contributed by atoms with Crippen LogP contribution in [0.4, 0.5) is 0 Å². The molecule has 1 aromatic heterocycles. The number of nitrogens with one attached hydrogen (secondary N) is 1. The molecule has 1 fully saturated rings. The van der Waals surface area contributed by atoms with Gasteiger partial charge in [0.15, 0.2) is 0 Å². The molecular weight excluding hydrogens is 212 g/mol. The van der Waals surface area contributed by atoms with Gasteiger partial charge in [0.25, 0.3) is 0 Å². The van der Waals surface area contributed by atoms with Crippen molar-refractivity contribution in [1.82, 2.24) is 20.0 Å². The summed E-state index contributed by atoms with van der Waals surface area (Å²) in [5, 5.41) is 8.07. The molecule has 0 spiro atoms. The zero-order valence-corrected chi connectivity index (χ0v) is 11.0. The van der Waals surface area contributed by atoms with Crippen molar-refractivity contribution in [1.29, 1.82) is 0 Å². The Balaban J connectivity index is 1.88. The predicted molar refractivity (Wildman–Crippen MR) is 68.1 cm³/mol. The topological polar surface area (TPSA) is 33.1 Å². The third-order valence-corrected chi connectivity index (χ3v) is 4.13. The van der Waals surface area contributed by atoms with E-state index in [4.69, 9.17) is 5.10 Å². The van der Waals surface area contributed by atoms with Gasteiger partial charge in [-0.3, -0.25) is 9.58 Å². The molecule has 4 nitrogen and oxygen atoms in total. The van der Waals surface area contributed by atoms with Crippen molar-refractivity contribution < 1.29 is 0 Å². The number of aryl methyl sites for hydroxylation is 1. The van der Waals surface area contributed by atoms with Crippen LogP contribution in [0.2, 0.25) is 0 Å². The van der Waals surface area contributed by atoms with Crippen LogP contribution >= 0.6 is 0 Å². The Labute approximate surface area is 103 Å². The highest BCUT2D eigenvalue weighted by atomic mass is 15.3. The minimum Gasteiger partial charge on any atom is -0.314 e. The van der Waals surface area contributed by atoms with Gasteiger partial charge in [0, 0.05) is 56.9 Å². The van der Waals surface area contributed by atoms with E-state index in [9.17, 15) is 0 Å². The maximum Gasteiger partial charge on any atom is 0.0697 e. The van der Waals surface area contributed by atoms with Gasteiger partial charge in [-0.2, -0.15) is 5.10 Å². The van der Waals surface area contributed by atoms with E-state index in [1.54, 1.807) is 0 Å². The summed E-state index contributed by atoms with van der Waals surface area (Å²) < 4.78 is 2.10. The average Bonchev–Trinajstić information content (AvgIpc) is 2.54. The quantitative estimate of drug-likeness (QED) is 0.824. The zero-order chi connectivity index (χ0) is 12.0. The van der Waals surface area contributed by atoms with Gasteiger partial charge in [0.2, 0.25) is 0 Å². The summed E-state index contributed by atoms with van der Waals surface area (Å²) in [4.78, 5) is 2.62. The Morgan fingerprint density at radius 3 is 2.71 bits per heavy atom. The summed E-state index contributed by atoms with van der Waals surface area (Å²) in [6.07, 6.45) is 1.15. The summed E-state index contributed by atoms with van der Waals surface area (Å²) in [5.74, 6) is 0.532. The lowest BCUT2D eigenvalue weighted by Crippen LogP contribution is -2.58. The Morgan fingerprint density at radius 2 is 2.12 bits per heavy atom. The van der Waals surface area contributed by atoms with Crippen molar-refractivity contribution in [2.24, 2.45) is 7.05 Å². The van der Waals surface area contributed by atoms with Crippen molar-refractivity contribution in [3.05, 3.63) is 17.0 Å². The van der Waals surface area contributed by atoms with Crippen LogP contribution in [-0.4, -0.2) is 40.4 Å². The van der Waals surface area contributed by atoms with Gasteiger partial charge in [0.05, 0.1) is 5.69 Å². The largest absolute Gasteiger partial charge is 0.314 e. The maximum atomic E-state index is 4.70. The molecule has 0 bridgehead atoms. The van der Waals surface area contributed by atoms with Gasteiger partial charge >= 0.3 is 0 Å². The third kappa shape index (κ3) is 1.79. The van der Waals surface area contributed by atoms with E-state index in [0.717, 1.165) is 32.1 Å². The van der Waals surface area contributed by atoms with Crippen LogP contribution < -0.4 is 5.32 Å². The number of aromatic nitrogens is 2. The predicted octanol–water partition coefficient (Wildman–Crippen LogP) is 0.873. The van der Waals surface area contributed by atoms with Crippen molar-refractivity contribution >= 4 is 0 Å². The molecule has 0 amide bonds. The van der Waals surface area contributed by atoms with Gasteiger partial charge in [0.1, 0.15) is 0 Å². The SMILES string of the molecule is CC(C)c1nn(C)c2c1CN(C1CNC1)CC2. The highest BCUT2D eigenvalue weighted by molar-refractivity contribution is 5.31. The van der Waals surface area contributed by atoms with Gasteiger partial charge in [-0.05, 0) is 5.92 Å². The lowest BCUT2D eigenvalue weighted by Gasteiger charge is -2.40. The molecule has 0 unspecified atom stereocenters. The first-order chi connectivity index (χ1) is 8.16. The molecule has 1 saturated heterocycles. The number of rotatable bonds is 2. The van der Waals surface area contributed by atoms with Gasteiger partial charge in [-0.15, -0.1) is 0 Å². The molecule has 1 N–H and O–H groups in total. The zero-order valence-electron chi connectivity index (χ0n) is 11.0. The van der Waals surface area contributed by atoms with Crippen LogP contribution in [0.1, 0.15) is 36.7 Å². The van der Waals surface area contributed by atoms with E-state index in [-0.39, 0.29) is 0 Å². The van der Waals surface area contributed by atoms with Gasteiger partial charge < -0.3 is 5.32 Å². The average molecular weight is 234 g/mol. The van der Waals surface area contributed by atoms with E-state index in [0.29, 0.717) is 5.92 Å². The lowest BCUT2D eigenvalue weighted by atomic mass is 9.97. The first-order valence-electron chi connectivity index (χ1n) is 6.66. The highest BCUT2D eigenvalue weighted by Crippen LogP contribution is 2.28. The van der Waals surface area contributed by atoms with E-state index in [1.807, 2.05) is 0 Å². The molecule has 17 heavy (non-hydrogen) atoms. The molecule has 4 heteroatoms. The first-order valence-corrected chi connectivity index (χ1v) is 6.66. The Kier molecular flexibility index (Phi) is 2.71. The van der Waals surface area contributed by atoms with Gasteiger partial charge in [-0.25, -0.2) is 0 Å². The summed E-state index contributed by atoms with van der Waals surface area (Å²) in [5.41, 5.74) is 4.26. The minimum atomic E-state index is 0.532. The molecule has 3 heterocycles. The first kappa shape index (κ1) is 11.2. The molecule has 0 atom stereocenters. The molecule has 0 saturated carbocycles. The van der Waals surface area contributed by atoms with Crippen LogP contribution in [0, 0.1) is 0 Å². The monoisotopic (exact) mass is 234 g/mol. The second-order valence-corrected chi connectivity index (χ2v) is 5.62. The molecule has 2 aliphatic rings. The standard InChI is InChI=1S/C13H22N4/c1-9(2)13-11-8-17(10-6-14-7-10)5-4-12(11)16(3)15-13/h9-10,14H,4-8H2,1-3H3. The third-order valence-electron chi connectivity index (χ3n) is 4.13. The normalized spacial score (nSPS) is 21.6. The smallest absolute Gasteiger partial charge is 0.0697 e. The molecule has 3 rings (SSSR count). The summed E-state index contributed by atoms with van der Waals surface area (Å²) in [6.45, 7) is 9.09. The molecule has 94 valence electrons. The molecule has 1 aromatic rings. The van der Waals surface area contributed by atoms with Crippen LogP contribution in [0.3, 0.4) is 0 Å². The number of hydrogen-bond donors (Lipinski definition) is 1. The minimum absolute atomic E-state index is 0.532. The van der Waals surface area contributed by atoms with Crippen molar-refractivity contribution in [3.63, 3.8) is 0 Å².